The zero-order valence-corrected chi connectivity index (χ0v) is 16.0. The minimum atomic E-state index is -0.192. The summed E-state index contributed by atoms with van der Waals surface area (Å²) in [4.78, 5) is 15.3. The maximum atomic E-state index is 12.7. The standard InChI is InChI=1S/C20H22N2O2.C2H6/c1-2-24-20(23)17-12-13-6-5-10-21-11-9-15-14-7-3-4-8-16(14)22(17)19(15)18(13)21;1-2/h3-4,7-8,12-13,18H,2,5-6,9-11H2,1H3;1-2H3. The largest absolute Gasteiger partial charge is 0.461 e. The first-order chi connectivity index (χ1) is 12.8. The maximum Gasteiger partial charge on any atom is 0.354 e. The van der Waals surface area contributed by atoms with Gasteiger partial charge >= 0.3 is 5.97 Å². The topological polar surface area (TPSA) is 34.5 Å². The van der Waals surface area contributed by atoms with Crippen molar-refractivity contribution in [2.24, 2.45) is 5.92 Å². The van der Waals surface area contributed by atoms with Gasteiger partial charge in [-0.2, -0.15) is 0 Å². The van der Waals surface area contributed by atoms with Crippen LogP contribution in [0.25, 0.3) is 16.6 Å². The van der Waals surface area contributed by atoms with Crippen molar-refractivity contribution in [3.05, 3.63) is 41.6 Å². The quantitative estimate of drug-likeness (QED) is 0.752. The Kier molecular flexibility index (Phi) is 4.62. The molecule has 0 radical (unpaired) electrons. The third-order valence-corrected chi connectivity index (χ3v) is 5.83. The molecule has 5 rings (SSSR count). The molecule has 2 atom stereocenters. The summed E-state index contributed by atoms with van der Waals surface area (Å²) >= 11 is 0. The maximum absolute atomic E-state index is 12.7. The highest BCUT2D eigenvalue weighted by atomic mass is 16.5. The number of aromatic nitrogens is 1. The number of hydrogen-bond donors (Lipinski definition) is 0. The summed E-state index contributed by atoms with van der Waals surface area (Å²) in [6, 6.07) is 8.92. The van der Waals surface area contributed by atoms with Crippen LogP contribution in [0.5, 0.6) is 0 Å². The highest BCUT2D eigenvalue weighted by Gasteiger charge is 2.43. The number of ether oxygens (including phenoxy) is 1. The molecule has 0 amide bonds. The summed E-state index contributed by atoms with van der Waals surface area (Å²) in [5, 5.41) is 1.30. The van der Waals surface area contributed by atoms with Crippen molar-refractivity contribution in [1.29, 1.82) is 0 Å². The fourth-order valence-corrected chi connectivity index (χ4v) is 4.96. The van der Waals surface area contributed by atoms with Crippen LogP contribution in [-0.4, -0.2) is 35.1 Å². The van der Waals surface area contributed by atoms with E-state index in [1.165, 1.54) is 29.6 Å². The van der Waals surface area contributed by atoms with Crippen LogP contribution in [0.15, 0.2) is 30.3 Å². The molecule has 1 aromatic carbocycles. The first-order valence-electron chi connectivity index (χ1n) is 10.0. The average molecular weight is 352 g/mol. The SMILES string of the molecule is CC.CCOC(=O)C1=CC2CCCN3CCc4c(n1c1ccccc41)C23. The smallest absolute Gasteiger partial charge is 0.354 e. The van der Waals surface area contributed by atoms with E-state index in [1.807, 2.05) is 20.8 Å². The second-order valence-corrected chi connectivity index (χ2v) is 7.03. The molecule has 2 aromatic rings. The van der Waals surface area contributed by atoms with Gasteiger partial charge in [0.2, 0.25) is 0 Å². The van der Waals surface area contributed by atoms with E-state index in [0.717, 1.165) is 30.6 Å². The van der Waals surface area contributed by atoms with Crippen molar-refractivity contribution in [3.8, 4) is 0 Å². The van der Waals surface area contributed by atoms with Crippen LogP contribution in [-0.2, 0) is 16.0 Å². The van der Waals surface area contributed by atoms with Gasteiger partial charge in [-0.05, 0) is 50.4 Å². The monoisotopic (exact) mass is 352 g/mol. The zero-order chi connectivity index (χ0) is 18.3. The summed E-state index contributed by atoms with van der Waals surface area (Å²) in [5.41, 5.74) is 4.65. The Labute approximate surface area is 155 Å². The number of carbonyl (C=O) groups excluding carboxylic acids is 1. The number of fused-ring (bicyclic) bond motifs is 3. The molecule has 138 valence electrons. The Morgan fingerprint density at radius 3 is 2.85 bits per heavy atom. The fraction of sp³-hybridized carbons (Fsp3) is 0.500. The summed E-state index contributed by atoms with van der Waals surface area (Å²) in [7, 11) is 0. The first-order valence-corrected chi connectivity index (χ1v) is 10.0. The van der Waals surface area contributed by atoms with Crippen molar-refractivity contribution < 1.29 is 9.53 Å². The molecule has 2 unspecified atom stereocenters. The lowest BCUT2D eigenvalue weighted by Gasteiger charge is -2.46. The van der Waals surface area contributed by atoms with E-state index in [-0.39, 0.29) is 5.97 Å². The van der Waals surface area contributed by atoms with Crippen molar-refractivity contribution >= 4 is 22.6 Å². The molecule has 1 aromatic heterocycles. The number of para-hydroxylation sites is 1. The predicted octanol–water partition coefficient (Wildman–Crippen LogP) is 4.39. The minimum absolute atomic E-state index is 0.192. The summed E-state index contributed by atoms with van der Waals surface area (Å²) in [6.07, 6.45) is 5.62. The van der Waals surface area contributed by atoms with Crippen LogP contribution in [0.1, 0.15) is 50.9 Å². The van der Waals surface area contributed by atoms with Gasteiger partial charge in [-0.15, -0.1) is 0 Å². The van der Waals surface area contributed by atoms with Crippen molar-refractivity contribution in [2.75, 3.05) is 19.7 Å². The summed E-state index contributed by atoms with van der Waals surface area (Å²) in [5.74, 6) is 0.233. The predicted molar refractivity (Wildman–Crippen MR) is 105 cm³/mol. The average Bonchev–Trinajstić information content (AvgIpc) is 3.04. The molecule has 0 saturated carbocycles. The molecule has 0 bridgehead atoms. The Morgan fingerprint density at radius 1 is 1.23 bits per heavy atom. The molecule has 0 spiro atoms. The number of rotatable bonds is 2. The lowest BCUT2D eigenvalue weighted by Crippen LogP contribution is -2.45. The molecule has 4 heteroatoms. The lowest BCUT2D eigenvalue weighted by atomic mass is 9.80. The minimum Gasteiger partial charge on any atom is -0.461 e. The molecule has 1 saturated heterocycles. The lowest BCUT2D eigenvalue weighted by molar-refractivity contribution is -0.136. The number of esters is 1. The van der Waals surface area contributed by atoms with Gasteiger partial charge in [0.15, 0.2) is 0 Å². The number of benzene rings is 1. The second kappa shape index (κ2) is 6.92. The van der Waals surface area contributed by atoms with E-state index in [0.29, 0.717) is 18.6 Å². The number of piperidine rings is 1. The Balaban J connectivity index is 0.000000814. The van der Waals surface area contributed by atoms with Crippen LogP contribution >= 0.6 is 0 Å². The van der Waals surface area contributed by atoms with Gasteiger partial charge in [-0.3, -0.25) is 4.90 Å². The van der Waals surface area contributed by atoms with E-state index in [1.54, 1.807) is 0 Å². The molecule has 3 aliphatic heterocycles. The molecule has 26 heavy (non-hydrogen) atoms. The van der Waals surface area contributed by atoms with E-state index in [4.69, 9.17) is 4.74 Å². The van der Waals surface area contributed by atoms with E-state index >= 15 is 0 Å². The molecular formula is C22H28N2O2. The molecule has 0 N–H and O–H groups in total. The highest BCUT2D eigenvalue weighted by Crippen LogP contribution is 2.49. The van der Waals surface area contributed by atoms with Crippen molar-refractivity contribution in [3.63, 3.8) is 0 Å². The van der Waals surface area contributed by atoms with Gasteiger partial charge in [-0.1, -0.05) is 32.0 Å². The van der Waals surface area contributed by atoms with E-state index in [9.17, 15) is 4.79 Å². The normalized spacial score (nSPS) is 23.6. The van der Waals surface area contributed by atoms with Crippen LogP contribution in [0, 0.1) is 5.92 Å². The van der Waals surface area contributed by atoms with E-state index in [2.05, 4.69) is 39.8 Å². The van der Waals surface area contributed by atoms with Gasteiger partial charge < -0.3 is 9.30 Å². The van der Waals surface area contributed by atoms with E-state index < -0.39 is 0 Å². The van der Waals surface area contributed by atoms with Crippen molar-refractivity contribution in [1.82, 2.24) is 9.47 Å². The van der Waals surface area contributed by atoms with Crippen LogP contribution < -0.4 is 0 Å². The molecule has 3 aliphatic rings. The number of nitrogens with zero attached hydrogens (tertiary/aromatic N) is 2. The summed E-state index contributed by atoms with van der Waals surface area (Å²) < 4.78 is 7.58. The number of hydrogen-bond acceptors (Lipinski definition) is 3. The van der Waals surface area contributed by atoms with Crippen molar-refractivity contribution in [2.45, 2.75) is 46.1 Å². The van der Waals surface area contributed by atoms with Crippen LogP contribution in [0.2, 0.25) is 0 Å². The Bertz CT molecular complexity index is 864. The highest BCUT2D eigenvalue weighted by molar-refractivity contribution is 6.13. The van der Waals surface area contributed by atoms with Gasteiger partial charge in [0, 0.05) is 23.5 Å². The third-order valence-electron chi connectivity index (χ3n) is 5.83. The first kappa shape index (κ1) is 17.3. The molecule has 4 nitrogen and oxygen atoms in total. The fourth-order valence-electron chi connectivity index (χ4n) is 4.96. The molecule has 0 aliphatic carbocycles. The second-order valence-electron chi connectivity index (χ2n) is 7.03. The molecule has 4 heterocycles. The molecule has 1 fully saturated rings. The molecular weight excluding hydrogens is 324 g/mol. The zero-order valence-electron chi connectivity index (χ0n) is 16.0. The van der Waals surface area contributed by atoms with Crippen LogP contribution in [0.3, 0.4) is 0 Å². The van der Waals surface area contributed by atoms with Crippen LogP contribution in [0.4, 0.5) is 0 Å². The van der Waals surface area contributed by atoms with Gasteiger partial charge in [0.25, 0.3) is 0 Å². The Morgan fingerprint density at radius 2 is 2.04 bits per heavy atom. The summed E-state index contributed by atoms with van der Waals surface area (Å²) in [6.45, 7) is 8.59. The van der Waals surface area contributed by atoms with Gasteiger partial charge in [0.1, 0.15) is 5.70 Å². The van der Waals surface area contributed by atoms with Gasteiger partial charge in [-0.25, -0.2) is 4.79 Å². The van der Waals surface area contributed by atoms with Gasteiger partial charge in [0.05, 0.1) is 18.2 Å². The third kappa shape index (κ3) is 2.43. The number of carbonyl (C=O) groups is 1. The Hall–Kier alpha value is -2.07.